The molecule has 112 valence electrons. The second-order valence-electron chi connectivity index (χ2n) is 5.06. The van der Waals surface area contributed by atoms with Crippen LogP contribution in [0.5, 0.6) is 17.2 Å². The van der Waals surface area contributed by atoms with Crippen LogP contribution < -0.4 is 9.47 Å². The number of methoxy groups -OCH3 is 1. The first-order valence-electron chi connectivity index (χ1n) is 7.25. The van der Waals surface area contributed by atoms with Gasteiger partial charge in [-0.15, -0.1) is 0 Å². The van der Waals surface area contributed by atoms with Gasteiger partial charge in [-0.2, -0.15) is 0 Å². The van der Waals surface area contributed by atoms with Gasteiger partial charge in [0.25, 0.3) is 0 Å². The van der Waals surface area contributed by atoms with E-state index in [1.165, 1.54) is 12.7 Å². The molecule has 0 aliphatic rings. The second-order valence-corrected chi connectivity index (χ2v) is 5.06. The molecule has 22 heavy (non-hydrogen) atoms. The maximum Gasteiger partial charge on any atom is 0.165 e. The van der Waals surface area contributed by atoms with Crippen LogP contribution in [0.15, 0.2) is 60.7 Å². The number of hydrogen-bond acceptors (Lipinski definition) is 3. The Morgan fingerprint density at radius 2 is 1.55 bits per heavy atom. The van der Waals surface area contributed by atoms with Crippen molar-refractivity contribution in [3.8, 4) is 17.2 Å². The van der Waals surface area contributed by atoms with Crippen molar-refractivity contribution in [3.63, 3.8) is 0 Å². The van der Waals surface area contributed by atoms with E-state index in [4.69, 9.17) is 9.47 Å². The number of rotatable bonds is 5. The molecule has 3 rings (SSSR count). The van der Waals surface area contributed by atoms with E-state index >= 15 is 0 Å². The van der Waals surface area contributed by atoms with Crippen LogP contribution in [0.4, 0.5) is 0 Å². The number of ether oxygens (including phenoxy) is 2. The van der Waals surface area contributed by atoms with Crippen molar-refractivity contribution in [3.05, 3.63) is 66.2 Å². The van der Waals surface area contributed by atoms with Crippen molar-refractivity contribution in [2.45, 2.75) is 6.42 Å². The highest BCUT2D eigenvalue weighted by Gasteiger charge is 2.12. The van der Waals surface area contributed by atoms with E-state index in [9.17, 15) is 5.11 Å². The third kappa shape index (κ3) is 2.84. The van der Waals surface area contributed by atoms with Crippen LogP contribution in [-0.2, 0) is 6.42 Å². The molecule has 0 fully saturated rings. The summed E-state index contributed by atoms with van der Waals surface area (Å²) in [5.74, 6) is 1.29. The van der Waals surface area contributed by atoms with E-state index in [0.717, 1.165) is 22.9 Å². The zero-order valence-corrected chi connectivity index (χ0v) is 12.5. The van der Waals surface area contributed by atoms with Gasteiger partial charge in [-0.1, -0.05) is 54.6 Å². The molecule has 0 aromatic heterocycles. The maximum absolute atomic E-state index is 10.2. The third-order valence-electron chi connectivity index (χ3n) is 3.65. The normalized spacial score (nSPS) is 10.6. The summed E-state index contributed by atoms with van der Waals surface area (Å²) in [4.78, 5) is 0. The topological polar surface area (TPSA) is 38.7 Å². The number of phenolic OH excluding ortho intramolecular Hbond substituents is 1. The van der Waals surface area contributed by atoms with E-state index in [2.05, 4.69) is 12.1 Å². The highest BCUT2D eigenvalue weighted by molar-refractivity contribution is 5.95. The summed E-state index contributed by atoms with van der Waals surface area (Å²) in [5, 5.41) is 11.8. The Kier molecular flexibility index (Phi) is 4.15. The first-order chi connectivity index (χ1) is 10.8. The van der Waals surface area contributed by atoms with Crippen LogP contribution in [0.1, 0.15) is 5.56 Å². The van der Waals surface area contributed by atoms with E-state index in [1.807, 2.05) is 42.5 Å². The molecule has 3 aromatic carbocycles. The number of hydrogen-bond donors (Lipinski definition) is 1. The average molecular weight is 294 g/mol. The molecule has 0 saturated carbocycles. The fourth-order valence-corrected chi connectivity index (χ4v) is 2.50. The Morgan fingerprint density at radius 3 is 2.27 bits per heavy atom. The molecule has 0 amide bonds. The number of phenols is 1. The molecular weight excluding hydrogens is 276 g/mol. The Labute approximate surface area is 129 Å². The van der Waals surface area contributed by atoms with Gasteiger partial charge in [0.1, 0.15) is 5.75 Å². The predicted octanol–water partition coefficient (Wildman–Crippen LogP) is 4.18. The molecule has 0 unspecified atom stereocenters. The lowest BCUT2D eigenvalue weighted by atomic mass is 10.1. The molecule has 3 aromatic rings. The summed E-state index contributed by atoms with van der Waals surface area (Å²) in [5.41, 5.74) is 1.23. The number of fused-ring (bicyclic) bond motifs is 1. The molecule has 0 bridgehead atoms. The van der Waals surface area contributed by atoms with Gasteiger partial charge in [0.05, 0.1) is 13.7 Å². The Balaban J connectivity index is 1.85. The highest BCUT2D eigenvalue weighted by Crippen LogP contribution is 2.40. The van der Waals surface area contributed by atoms with Crippen LogP contribution in [0, 0.1) is 0 Å². The van der Waals surface area contributed by atoms with Crippen LogP contribution >= 0.6 is 0 Å². The van der Waals surface area contributed by atoms with Gasteiger partial charge in [-0.05, 0) is 5.56 Å². The molecule has 0 saturated heterocycles. The molecule has 1 N–H and O–H groups in total. The average Bonchev–Trinajstić information content (AvgIpc) is 2.58. The van der Waals surface area contributed by atoms with Crippen molar-refractivity contribution >= 4 is 10.8 Å². The summed E-state index contributed by atoms with van der Waals surface area (Å²) >= 11 is 0. The minimum absolute atomic E-state index is 0.147. The third-order valence-corrected chi connectivity index (χ3v) is 3.65. The monoisotopic (exact) mass is 294 g/mol. The van der Waals surface area contributed by atoms with Crippen molar-refractivity contribution in [2.24, 2.45) is 0 Å². The van der Waals surface area contributed by atoms with Gasteiger partial charge in [-0.25, -0.2) is 0 Å². The minimum Gasteiger partial charge on any atom is -0.504 e. The first kappa shape index (κ1) is 14.3. The molecule has 0 atom stereocenters. The van der Waals surface area contributed by atoms with Gasteiger partial charge in [-0.3, -0.25) is 0 Å². The molecule has 0 aliphatic carbocycles. The molecule has 0 spiro atoms. The highest BCUT2D eigenvalue weighted by atomic mass is 16.5. The van der Waals surface area contributed by atoms with Crippen LogP contribution in [0.25, 0.3) is 10.8 Å². The van der Waals surface area contributed by atoms with Gasteiger partial charge < -0.3 is 14.6 Å². The SMILES string of the molecule is COc1cc(OCCc2ccccc2)c2ccccc2c1O. The molecule has 0 aliphatic heterocycles. The molecule has 3 heteroatoms. The Bertz CT molecular complexity index is 766. The van der Waals surface area contributed by atoms with Gasteiger partial charge in [0, 0.05) is 23.3 Å². The molecule has 3 nitrogen and oxygen atoms in total. The fraction of sp³-hybridized carbons (Fsp3) is 0.158. The number of benzene rings is 3. The van der Waals surface area contributed by atoms with Gasteiger partial charge >= 0.3 is 0 Å². The van der Waals surface area contributed by atoms with E-state index in [0.29, 0.717) is 12.4 Å². The van der Waals surface area contributed by atoms with Crippen LogP contribution in [0.2, 0.25) is 0 Å². The van der Waals surface area contributed by atoms with Crippen molar-refractivity contribution < 1.29 is 14.6 Å². The predicted molar refractivity (Wildman–Crippen MR) is 87.8 cm³/mol. The summed E-state index contributed by atoms with van der Waals surface area (Å²) in [7, 11) is 1.54. The first-order valence-corrected chi connectivity index (χ1v) is 7.25. The minimum atomic E-state index is 0.147. The Hall–Kier alpha value is -2.68. The molecule has 0 radical (unpaired) electrons. The summed E-state index contributed by atoms with van der Waals surface area (Å²) in [6, 6.07) is 19.6. The molecular formula is C19H18O3. The van der Waals surface area contributed by atoms with Crippen molar-refractivity contribution in [2.75, 3.05) is 13.7 Å². The Morgan fingerprint density at radius 1 is 0.864 bits per heavy atom. The lowest BCUT2D eigenvalue weighted by molar-refractivity contribution is 0.320. The molecule has 0 heterocycles. The lowest BCUT2D eigenvalue weighted by Crippen LogP contribution is -2.02. The smallest absolute Gasteiger partial charge is 0.165 e. The van der Waals surface area contributed by atoms with Crippen LogP contribution in [-0.4, -0.2) is 18.8 Å². The van der Waals surface area contributed by atoms with Gasteiger partial charge in [0.2, 0.25) is 0 Å². The summed E-state index contributed by atoms with van der Waals surface area (Å²) in [6.45, 7) is 0.571. The van der Waals surface area contributed by atoms with Crippen molar-refractivity contribution in [1.29, 1.82) is 0 Å². The van der Waals surface area contributed by atoms with Crippen molar-refractivity contribution in [1.82, 2.24) is 0 Å². The van der Waals surface area contributed by atoms with E-state index in [-0.39, 0.29) is 5.75 Å². The summed E-state index contributed by atoms with van der Waals surface area (Å²) in [6.07, 6.45) is 0.832. The fourth-order valence-electron chi connectivity index (χ4n) is 2.50. The standard InChI is InChI=1S/C19H18O3/c1-21-18-13-17(15-9-5-6-10-16(15)19(18)20)22-12-11-14-7-3-2-4-8-14/h2-10,13,20H,11-12H2,1H3. The second kappa shape index (κ2) is 6.39. The zero-order chi connectivity index (χ0) is 15.4. The van der Waals surface area contributed by atoms with E-state index in [1.54, 1.807) is 6.07 Å². The lowest BCUT2D eigenvalue weighted by Gasteiger charge is -2.13. The quantitative estimate of drug-likeness (QED) is 0.767. The maximum atomic E-state index is 10.2. The van der Waals surface area contributed by atoms with Gasteiger partial charge in [0.15, 0.2) is 11.5 Å². The van der Waals surface area contributed by atoms with Crippen LogP contribution in [0.3, 0.4) is 0 Å². The summed E-state index contributed by atoms with van der Waals surface area (Å²) < 4.78 is 11.2. The zero-order valence-electron chi connectivity index (χ0n) is 12.5. The largest absolute Gasteiger partial charge is 0.504 e. The van der Waals surface area contributed by atoms with E-state index < -0.39 is 0 Å². The number of aromatic hydroxyl groups is 1.